The van der Waals surface area contributed by atoms with Gasteiger partial charge in [0.05, 0.1) is 24.1 Å². The van der Waals surface area contributed by atoms with E-state index in [1.54, 1.807) is 18.2 Å². The number of hydrogen-bond donors (Lipinski definition) is 4. The van der Waals surface area contributed by atoms with Crippen LogP contribution in [-0.2, 0) is 19.7 Å². The summed E-state index contributed by atoms with van der Waals surface area (Å²) in [5, 5.41) is 9.38. The number of nitrogens with two attached hydrogens (primary N) is 1. The Morgan fingerprint density at radius 3 is 2.40 bits per heavy atom. The van der Waals surface area contributed by atoms with E-state index in [1.807, 2.05) is 48.5 Å². The quantitative estimate of drug-likeness (QED) is 0.204. The zero-order chi connectivity index (χ0) is 29.7. The Hall–Kier alpha value is -3.98. The number of amides is 2. The van der Waals surface area contributed by atoms with Gasteiger partial charge >= 0.3 is 0 Å². The predicted molar refractivity (Wildman–Crippen MR) is 169 cm³/mol. The predicted octanol–water partition coefficient (Wildman–Crippen LogP) is 4.96. The molecule has 0 radical (unpaired) electrons. The van der Waals surface area contributed by atoms with Crippen LogP contribution in [0.4, 0.5) is 17.1 Å². The first kappa shape index (κ1) is 29.5. The number of ether oxygens (including phenoxy) is 1. The third kappa shape index (κ3) is 7.45. The number of nitrogens with one attached hydrogen (secondary N) is 3. The summed E-state index contributed by atoms with van der Waals surface area (Å²) in [4.78, 5) is 28.4. The molecule has 220 valence electrons. The average Bonchev–Trinajstić information content (AvgIpc) is 3.59. The number of rotatable bonds is 10. The lowest BCUT2D eigenvalue weighted by molar-refractivity contribution is -0.118. The number of nitrogen functional groups attached to an aromatic ring is 1. The Kier molecular flexibility index (Phi) is 9.06. The van der Waals surface area contributed by atoms with E-state index < -0.39 is 6.04 Å². The molecule has 5 rings (SSSR count). The van der Waals surface area contributed by atoms with Crippen LogP contribution in [0.3, 0.4) is 0 Å². The Morgan fingerprint density at radius 2 is 1.76 bits per heavy atom. The van der Waals surface area contributed by atoms with Crippen molar-refractivity contribution in [1.82, 2.24) is 10.2 Å². The van der Waals surface area contributed by atoms with Crippen molar-refractivity contribution in [3.8, 4) is 0 Å². The van der Waals surface area contributed by atoms with Gasteiger partial charge in [-0.3, -0.25) is 14.5 Å². The van der Waals surface area contributed by atoms with Crippen LogP contribution in [0.25, 0.3) is 6.08 Å². The van der Waals surface area contributed by atoms with E-state index >= 15 is 0 Å². The fourth-order valence-electron chi connectivity index (χ4n) is 5.49. The van der Waals surface area contributed by atoms with Gasteiger partial charge in [-0.1, -0.05) is 69.3 Å². The van der Waals surface area contributed by atoms with Gasteiger partial charge in [0.25, 0.3) is 0 Å². The first-order chi connectivity index (χ1) is 20.2. The number of morpholine rings is 1. The Morgan fingerprint density at radius 1 is 1.02 bits per heavy atom. The van der Waals surface area contributed by atoms with Crippen molar-refractivity contribution >= 4 is 35.0 Å². The minimum atomic E-state index is -0.536. The molecule has 2 aliphatic rings. The summed E-state index contributed by atoms with van der Waals surface area (Å²) in [6.07, 6.45) is 4.65. The second kappa shape index (κ2) is 12.9. The third-order valence-corrected chi connectivity index (χ3v) is 7.96. The molecular formula is C34H41N5O3. The number of likely N-dealkylation sites (tertiary alicyclic amines) is 1. The van der Waals surface area contributed by atoms with Crippen molar-refractivity contribution in [2.24, 2.45) is 0 Å². The molecule has 3 aromatic rings. The molecule has 2 amide bonds. The van der Waals surface area contributed by atoms with Crippen LogP contribution in [0.2, 0.25) is 0 Å². The molecule has 5 N–H and O–H groups in total. The zero-order valence-corrected chi connectivity index (χ0v) is 24.6. The molecule has 0 saturated carbocycles. The second-order valence-corrected chi connectivity index (χ2v) is 12.1. The largest absolute Gasteiger partial charge is 0.397 e. The number of fused-ring (bicyclic) bond motifs is 2. The summed E-state index contributed by atoms with van der Waals surface area (Å²) >= 11 is 0. The van der Waals surface area contributed by atoms with E-state index in [-0.39, 0.29) is 17.2 Å². The van der Waals surface area contributed by atoms with Crippen molar-refractivity contribution in [3.05, 3.63) is 95.6 Å². The SMILES string of the molecule is CC(C)(C)c1ccc(NC(=O)C(NCCN2C[C@@H]3C[C@H]2CO3)c2ccc(/C=C/C(=O)Nc3ccccc3N)cc2)cc1. The number of hydrogen-bond acceptors (Lipinski definition) is 6. The molecule has 0 aromatic heterocycles. The summed E-state index contributed by atoms with van der Waals surface area (Å²) < 4.78 is 5.73. The highest BCUT2D eigenvalue weighted by Gasteiger charge is 2.38. The van der Waals surface area contributed by atoms with Gasteiger partial charge in [-0.2, -0.15) is 0 Å². The summed E-state index contributed by atoms with van der Waals surface area (Å²) in [5.41, 5.74) is 10.7. The van der Waals surface area contributed by atoms with Crippen molar-refractivity contribution in [2.75, 3.05) is 42.6 Å². The zero-order valence-electron chi connectivity index (χ0n) is 24.6. The summed E-state index contributed by atoms with van der Waals surface area (Å²) in [6.45, 7) is 9.79. The first-order valence-corrected chi connectivity index (χ1v) is 14.6. The van der Waals surface area contributed by atoms with Crippen molar-refractivity contribution in [1.29, 1.82) is 0 Å². The average molecular weight is 568 g/mol. The Bertz CT molecular complexity index is 1410. The lowest BCUT2D eigenvalue weighted by Gasteiger charge is -2.27. The maximum absolute atomic E-state index is 13.6. The summed E-state index contributed by atoms with van der Waals surface area (Å²) in [6, 6.07) is 22.8. The molecule has 2 fully saturated rings. The normalized spacial score (nSPS) is 19.2. The lowest BCUT2D eigenvalue weighted by atomic mass is 9.87. The molecule has 2 bridgehead atoms. The number of benzene rings is 3. The van der Waals surface area contributed by atoms with Crippen LogP contribution < -0.4 is 21.7 Å². The van der Waals surface area contributed by atoms with Crippen LogP contribution in [-0.4, -0.2) is 55.1 Å². The van der Waals surface area contributed by atoms with Crippen LogP contribution in [0.15, 0.2) is 78.9 Å². The molecule has 2 heterocycles. The standard InChI is InChI=1S/C34H41N5O3/c1-34(2,3)25-13-15-26(16-14-25)37-33(41)32(36-18-19-39-21-28-20-27(39)22-42-28)24-11-8-23(9-12-24)10-17-31(40)38-30-7-5-4-6-29(30)35/h4-17,27-28,32,36H,18-22,35H2,1-3H3,(H,37,41)(H,38,40)/b17-10+/t27-,28-,32?/m0/s1. The van der Waals surface area contributed by atoms with Crippen LogP contribution in [0.1, 0.15) is 49.9 Å². The van der Waals surface area contributed by atoms with Crippen molar-refractivity contribution < 1.29 is 14.3 Å². The van der Waals surface area contributed by atoms with Gasteiger partial charge in [0.15, 0.2) is 0 Å². The summed E-state index contributed by atoms with van der Waals surface area (Å²) in [5.74, 6) is -0.387. The number of anilines is 3. The van der Waals surface area contributed by atoms with Gasteiger partial charge in [-0.25, -0.2) is 0 Å². The van der Waals surface area contributed by atoms with E-state index in [0.717, 1.165) is 42.9 Å². The highest BCUT2D eigenvalue weighted by molar-refractivity contribution is 6.03. The van der Waals surface area contributed by atoms with Crippen molar-refractivity contribution in [3.63, 3.8) is 0 Å². The molecule has 2 saturated heterocycles. The monoisotopic (exact) mass is 567 g/mol. The highest BCUT2D eigenvalue weighted by Crippen LogP contribution is 2.28. The fourth-order valence-corrected chi connectivity index (χ4v) is 5.49. The molecule has 3 atom stereocenters. The Labute approximate surface area is 248 Å². The van der Waals surface area contributed by atoms with E-state index in [4.69, 9.17) is 10.5 Å². The lowest BCUT2D eigenvalue weighted by Crippen LogP contribution is -2.43. The van der Waals surface area contributed by atoms with Gasteiger partial charge in [0, 0.05) is 37.4 Å². The van der Waals surface area contributed by atoms with Crippen LogP contribution >= 0.6 is 0 Å². The third-order valence-electron chi connectivity index (χ3n) is 7.96. The fraction of sp³-hybridized carbons (Fsp3) is 0.353. The van der Waals surface area contributed by atoms with Crippen molar-refractivity contribution in [2.45, 2.75) is 50.8 Å². The highest BCUT2D eigenvalue weighted by atomic mass is 16.5. The minimum absolute atomic E-state index is 0.0401. The smallest absolute Gasteiger partial charge is 0.248 e. The maximum atomic E-state index is 13.6. The molecular weight excluding hydrogens is 526 g/mol. The molecule has 3 aromatic carbocycles. The first-order valence-electron chi connectivity index (χ1n) is 14.6. The topological polar surface area (TPSA) is 109 Å². The summed E-state index contributed by atoms with van der Waals surface area (Å²) in [7, 11) is 0. The van der Waals surface area contributed by atoms with Crippen LogP contribution in [0.5, 0.6) is 0 Å². The molecule has 2 aliphatic heterocycles. The molecule has 8 nitrogen and oxygen atoms in total. The minimum Gasteiger partial charge on any atom is -0.397 e. The maximum Gasteiger partial charge on any atom is 0.248 e. The molecule has 1 unspecified atom stereocenters. The van der Waals surface area contributed by atoms with E-state index in [1.165, 1.54) is 11.6 Å². The van der Waals surface area contributed by atoms with Gasteiger partial charge in [0.2, 0.25) is 11.8 Å². The number of carbonyl (C=O) groups excluding carboxylic acids is 2. The van der Waals surface area contributed by atoms with Gasteiger partial charge in [0.1, 0.15) is 6.04 Å². The van der Waals surface area contributed by atoms with Gasteiger partial charge in [-0.15, -0.1) is 0 Å². The molecule has 8 heteroatoms. The van der Waals surface area contributed by atoms with Gasteiger partial charge < -0.3 is 26.4 Å². The van der Waals surface area contributed by atoms with E-state index in [2.05, 4.69) is 53.8 Å². The second-order valence-electron chi connectivity index (χ2n) is 12.1. The van der Waals surface area contributed by atoms with Gasteiger partial charge in [-0.05, 0) is 58.9 Å². The number of nitrogens with zero attached hydrogens (tertiary/aromatic N) is 1. The van der Waals surface area contributed by atoms with Crippen LogP contribution in [0, 0.1) is 0 Å². The Balaban J connectivity index is 1.25. The van der Waals surface area contributed by atoms with E-state index in [0.29, 0.717) is 30.1 Å². The number of carbonyl (C=O) groups is 2. The molecule has 42 heavy (non-hydrogen) atoms. The van der Waals surface area contributed by atoms with E-state index in [9.17, 15) is 9.59 Å². The number of para-hydroxylation sites is 2. The molecule has 0 aliphatic carbocycles. The molecule has 0 spiro atoms.